The van der Waals surface area contributed by atoms with Crippen LogP contribution in [0.5, 0.6) is 0 Å². The van der Waals surface area contributed by atoms with Gasteiger partial charge in [0.1, 0.15) is 24.4 Å². The van der Waals surface area contributed by atoms with Gasteiger partial charge in [-0.25, -0.2) is 0 Å². The molecule has 4 atom stereocenters. The van der Waals surface area contributed by atoms with Crippen molar-refractivity contribution in [3.63, 3.8) is 0 Å². The minimum atomic E-state index is -5.28. The maximum Gasteiger partial charge on any atom is 2.00 e. The number of hydrogen-bond acceptors (Lipinski definition) is 9. The summed E-state index contributed by atoms with van der Waals surface area (Å²) in [5.74, 6) is 0. The fourth-order valence-electron chi connectivity index (χ4n) is 0.829. The molecule has 0 saturated heterocycles. The smallest absolute Gasteiger partial charge is 0.790 e. The summed E-state index contributed by atoms with van der Waals surface area (Å²) < 4.78 is 13.7. The van der Waals surface area contributed by atoms with E-state index in [-0.39, 0.29) is 37.7 Å². The first kappa shape index (κ1) is 20.5. The van der Waals surface area contributed by atoms with E-state index in [1.54, 1.807) is 0 Å². The molecule has 98 valence electrons. The van der Waals surface area contributed by atoms with E-state index in [0.717, 1.165) is 0 Å². The van der Waals surface area contributed by atoms with Crippen molar-refractivity contribution in [1.82, 2.24) is 0 Å². The summed E-state index contributed by atoms with van der Waals surface area (Å²) in [6.07, 6.45) is -7.47. The molecule has 0 aromatic rings. The molecule has 0 spiro atoms. The van der Waals surface area contributed by atoms with Crippen LogP contribution in [0.3, 0.4) is 0 Å². The van der Waals surface area contributed by atoms with Gasteiger partial charge in [0.05, 0.1) is 21.0 Å². The first-order valence-corrected chi connectivity index (χ1v) is 5.65. The van der Waals surface area contributed by atoms with Gasteiger partial charge in [0.2, 0.25) is 0 Å². The van der Waals surface area contributed by atoms with E-state index in [4.69, 9.17) is 25.5 Å². The minimum Gasteiger partial charge on any atom is -0.790 e. The molecular formula is C6H13CaO9P. The molecule has 0 aromatic carbocycles. The molecule has 0 aliphatic carbocycles. The largest absolute Gasteiger partial charge is 2.00 e. The van der Waals surface area contributed by atoms with Crippen molar-refractivity contribution in [2.45, 2.75) is 24.4 Å². The van der Waals surface area contributed by atoms with Gasteiger partial charge in [-0.15, -0.1) is 0 Å². The molecule has 11 heteroatoms. The summed E-state index contributed by atoms with van der Waals surface area (Å²) in [4.78, 5) is 20.0. The summed E-state index contributed by atoms with van der Waals surface area (Å²) in [5, 5.41) is 44.6. The third kappa shape index (κ3) is 8.82. The van der Waals surface area contributed by atoms with Gasteiger partial charge in [0.25, 0.3) is 0 Å². The molecule has 17 heavy (non-hydrogen) atoms. The van der Waals surface area contributed by atoms with Crippen molar-refractivity contribution in [3.8, 4) is 0 Å². The van der Waals surface area contributed by atoms with Gasteiger partial charge in [-0.05, 0) is 0 Å². The van der Waals surface area contributed by atoms with Crippen LogP contribution in [0.1, 0.15) is 0 Å². The van der Waals surface area contributed by atoms with E-state index in [0.29, 0.717) is 0 Å². The van der Waals surface area contributed by atoms with E-state index in [2.05, 4.69) is 4.52 Å². The van der Waals surface area contributed by atoms with Crippen molar-refractivity contribution in [2.75, 3.05) is 13.2 Å². The summed E-state index contributed by atoms with van der Waals surface area (Å²) in [6, 6.07) is 0. The maximum atomic E-state index is 10.0. The fourth-order valence-corrected chi connectivity index (χ4v) is 1.16. The summed E-state index contributed by atoms with van der Waals surface area (Å²) in [5.41, 5.74) is 0. The molecule has 0 aromatic heterocycles. The Kier molecular flexibility index (Phi) is 11.0. The molecule has 0 saturated carbocycles. The van der Waals surface area contributed by atoms with E-state index in [1.165, 1.54) is 0 Å². The Morgan fingerprint density at radius 3 is 1.82 bits per heavy atom. The Morgan fingerprint density at radius 1 is 1.06 bits per heavy atom. The van der Waals surface area contributed by atoms with Crippen LogP contribution in [0.2, 0.25) is 0 Å². The fraction of sp³-hybridized carbons (Fsp3) is 1.00. The molecule has 0 aliphatic heterocycles. The molecule has 0 heterocycles. The molecule has 0 radical (unpaired) electrons. The zero-order valence-electron chi connectivity index (χ0n) is 8.75. The van der Waals surface area contributed by atoms with Gasteiger partial charge in [-0.2, -0.15) is 0 Å². The standard InChI is InChI=1S/C6H15O9P.Ca/c7-1-3(8)5(10)6(11)4(9)2-15-16(12,13)14;/h3-11H,1-2H2,(H2,12,13,14);/q;+2/p-2/t3-,4-,5-,6-;/m1./s1. The number of aliphatic hydroxyl groups is 5. The van der Waals surface area contributed by atoms with Crippen LogP contribution in [-0.4, -0.2) is 101 Å². The summed E-state index contributed by atoms with van der Waals surface area (Å²) >= 11 is 0. The Morgan fingerprint density at radius 2 is 1.47 bits per heavy atom. The number of phosphoric ester groups is 1. The second-order valence-corrected chi connectivity index (χ2v) is 4.19. The van der Waals surface area contributed by atoms with Gasteiger partial charge < -0.3 is 44.4 Å². The first-order chi connectivity index (χ1) is 7.19. The molecule has 5 N–H and O–H groups in total. The topological polar surface area (TPSA) is 174 Å². The van der Waals surface area contributed by atoms with Crippen LogP contribution in [0.25, 0.3) is 0 Å². The summed E-state index contributed by atoms with van der Waals surface area (Å²) in [6.45, 7) is -1.92. The molecule has 0 fully saturated rings. The number of aliphatic hydroxyl groups excluding tert-OH is 5. The number of rotatable bonds is 7. The van der Waals surface area contributed by atoms with Crippen LogP contribution < -0.4 is 9.79 Å². The molecule has 0 unspecified atom stereocenters. The van der Waals surface area contributed by atoms with Crippen LogP contribution in [-0.2, 0) is 9.09 Å². The minimum absolute atomic E-state index is 0. The first-order valence-electron chi connectivity index (χ1n) is 4.18. The SMILES string of the molecule is O=P([O-])([O-])OC[C@@H](O)[C@@H](O)[C@H](O)[C@H](O)CO.[Ca+2]. The Bertz CT molecular complexity index is 246. The van der Waals surface area contributed by atoms with E-state index < -0.39 is 45.5 Å². The number of hydrogen-bond donors (Lipinski definition) is 5. The van der Waals surface area contributed by atoms with Crippen molar-refractivity contribution < 1.29 is 44.4 Å². The zero-order chi connectivity index (χ0) is 12.9. The van der Waals surface area contributed by atoms with Gasteiger partial charge in [0, 0.05) is 0 Å². The zero-order valence-corrected chi connectivity index (χ0v) is 11.8. The molecule has 0 rings (SSSR count). The second-order valence-electron chi connectivity index (χ2n) is 3.04. The Hall–Kier alpha value is 1.17. The average Bonchev–Trinajstić information content (AvgIpc) is 2.21. The molecule has 0 aliphatic rings. The average molecular weight is 300 g/mol. The third-order valence-electron chi connectivity index (χ3n) is 1.73. The van der Waals surface area contributed by atoms with Gasteiger partial charge in [-0.3, -0.25) is 0 Å². The van der Waals surface area contributed by atoms with Gasteiger partial charge in [-0.1, -0.05) is 0 Å². The van der Waals surface area contributed by atoms with Gasteiger partial charge >= 0.3 is 37.7 Å². The van der Waals surface area contributed by atoms with Crippen LogP contribution in [0.15, 0.2) is 0 Å². The predicted octanol–water partition coefficient (Wildman–Crippen LogP) is -5.11. The summed E-state index contributed by atoms with van der Waals surface area (Å²) in [7, 11) is -5.28. The van der Waals surface area contributed by atoms with Crippen molar-refractivity contribution >= 4 is 45.6 Å². The molecule has 0 amide bonds. The van der Waals surface area contributed by atoms with Crippen LogP contribution in [0.4, 0.5) is 0 Å². The van der Waals surface area contributed by atoms with E-state index >= 15 is 0 Å². The number of phosphoric acid groups is 1. The Balaban J connectivity index is 0. The molecule has 0 bridgehead atoms. The van der Waals surface area contributed by atoms with Crippen LogP contribution in [0, 0.1) is 0 Å². The van der Waals surface area contributed by atoms with E-state index in [1.807, 2.05) is 0 Å². The third-order valence-corrected chi connectivity index (χ3v) is 2.19. The predicted molar refractivity (Wildman–Crippen MR) is 50.4 cm³/mol. The normalized spacial score (nSPS) is 19.0. The quantitative estimate of drug-likeness (QED) is 0.227. The van der Waals surface area contributed by atoms with Crippen molar-refractivity contribution in [2.24, 2.45) is 0 Å². The molecule has 9 nitrogen and oxygen atoms in total. The Labute approximate surface area is 127 Å². The monoisotopic (exact) mass is 300 g/mol. The van der Waals surface area contributed by atoms with Crippen molar-refractivity contribution in [1.29, 1.82) is 0 Å². The second kappa shape index (κ2) is 9.13. The maximum absolute atomic E-state index is 10.0. The van der Waals surface area contributed by atoms with Crippen molar-refractivity contribution in [3.05, 3.63) is 0 Å². The van der Waals surface area contributed by atoms with Crippen LogP contribution >= 0.6 is 7.82 Å². The molecular weight excluding hydrogens is 287 g/mol. The van der Waals surface area contributed by atoms with E-state index in [9.17, 15) is 14.4 Å². The van der Waals surface area contributed by atoms with Gasteiger partial charge in [0.15, 0.2) is 0 Å².